The van der Waals surface area contributed by atoms with Crippen molar-refractivity contribution in [1.82, 2.24) is 5.32 Å². The molecule has 2 aliphatic heterocycles. The van der Waals surface area contributed by atoms with Gasteiger partial charge in [0, 0.05) is 54.9 Å². The molecule has 242 valence electrons. The predicted octanol–water partition coefficient (Wildman–Crippen LogP) is -0.799. The van der Waals surface area contributed by atoms with E-state index in [1.54, 1.807) is 0 Å². The first-order chi connectivity index (χ1) is 20.1. The number of hydrogen-bond donors (Lipinski definition) is 1. The molecule has 0 aromatic rings. The van der Waals surface area contributed by atoms with Crippen LogP contribution in [0, 0.1) is 0 Å². The molecular formula is C26H37NO16. The predicted molar refractivity (Wildman–Crippen MR) is 136 cm³/mol. The summed E-state index contributed by atoms with van der Waals surface area (Å²) in [6.07, 6.45) is -10.7. The Morgan fingerprint density at radius 2 is 1.09 bits per heavy atom. The molecule has 0 bridgehead atoms. The van der Waals surface area contributed by atoms with Gasteiger partial charge in [0.25, 0.3) is 0 Å². The molecule has 0 spiro atoms. The van der Waals surface area contributed by atoms with Gasteiger partial charge in [-0.3, -0.25) is 33.6 Å². The Bertz CT molecular complexity index is 1060. The topological polar surface area (TPSA) is 215 Å². The fourth-order valence-corrected chi connectivity index (χ4v) is 4.54. The Labute approximate surface area is 247 Å². The maximum Gasteiger partial charge on any atom is 0.305 e. The molecule has 17 nitrogen and oxygen atoms in total. The van der Waals surface area contributed by atoms with E-state index in [0.717, 1.165) is 41.5 Å². The molecule has 0 radical (unpaired) electrons. The maximum atomic E-state index is 12.2. The number of esters is 6. The Morgan fingerprint density at radius 3 is 1.56 bits per heavy atom. The van der Waals surface area contributed by atoms with Crippen molar-refractivity contribution in [3.63, 3.8) is 0 Å². The third-order valence-electron chi connectivity index (χ3n) is 5.91. The maximum absolute atomic E-state index is 12.2. The van der Waals surface area contributed by atoms with Crippen molar-refractivity contribution in [2.75, 3.05) is 13.2 Å². The van der Waals surface area contributed by atoms with E-state index in [4.69, 9.17) is 42.6 Å². The Hall–Kier alpha value is -3.83. The van der Waals surface area contributed by atoms with Crippen LogP contribution in [-0.2, 0) is 76.2 Å². The van der Waals surface area contributed by atoms with Gasteiger partial charge in [-0.2, -0.15) is 0 Å². The summed E-state index contributed by atoms with van der Waals surface area (Å²) in [6.45, 7) is 6.97. The molecule has 2 heterocycles. The summed E-state index contributed by atoms with van der Waals surface area (Å²) in [4.78, 5) is 83.1. The third-order valence-corrected chi connectivity index (χ3v) is 5.91. The monoisotopic (exact) mass is 619 g/mol. The number of rotatable bonds is 11. The van der Waals surface area contributed by atoms with Gasteiger partial charge in [-0.15, -0.1) is 0 Å². The standard InChI is InChI=1S/C26H37NO16/c1-11(28)27-22-25(39-16(6)33)24(20(10-36-13(3)30)42-26(22)40-17(7)34)43-21-8-18(37-14(4)31)23(38-15(5)32)19(41-21)9-35-12(2)29/h18-26H,8-10H2,1-7H3,(H,27,28)/t18-,19-,20-,21+,22-,23-,24-,25-,26+/m1/s1. The van der Waals surface area contributed by atoms with Crippen LogP contribution in [0.15, 0.2) is 0 Å². The highest BCUT2D eigenvalue weighted by Crippen LogP contribution is 2.33. The van der Waals surface area contributed by atoms with Crippen LogP contribution in [0.1, 0.15) is 54.9 Å². The molecule has 9 atom stereocenters. The van der Waals surface area contributed by atoms with E-state index >= 15 is 0 Å². The van der Waals surface area contributed by atoms with Crippen molar-refractivity contribution in [3.8, 4) is 0 Å². The number of nitrogens with one attached hydrogen (secondary N) is 1. The van der Waals surface area contributed by atoms with Gasteiger partial charge in [0.1, 0.15) is 43.7 Å². The van der Waals surface area contributed by atoms with Gasteiger partial charge in [0.15, 0.2) is 18.5 Å². The average Bonchev–Trinajstić information content (AvgIpc) is 2.85. The van der Waals surface area contributed by atoms with Crippen LogP contribution in [0.4, 0.5) is 0 Å². The molecule has 2 rings (SSSR count). The lowest BCUT2D eigenvalue weighted by Crippen LogP contribution is -2.67. The first-order valence-electron chi connectivity index (χ1n) is 13.3. The second-order valence-electron chi connectivity index (χ2n) is 9.72. The third kappa shape index (κ3) is 11.4. The van der Waals surface area contributed by atoms with E-state index in [0.29, 0.717) is 0 Å². The Morgan fingerprint density at radius 1 is 0.605 bits per heavy atom. The molecule has 0 saturated carbocycles. The zero-order chi connectivity index (χ0) is 32.4. The van der Waals surface area contributed by atoms with Crippen molar-refractivity contribution in [1.29, 1.82) is 0 Å². The Kier molecular flexibility index (Phi) is 13.3. The van der Waals surface area contributed by atoms with Crippen molar-refractivity contribution >= 4 is 41.7 Å². The molecule has 2 fully saturated rings. The van der Waals surface area contributed by atoms with Gasteiger partial charge in [-0.05, 0) is 0 Å². The summed E-state index contributed by atoms with van der Waals surface area (Å²) < 4.78 is 49.6. The summed E-state index contributed by atoms with van der Waals surface area (Å²) in [7, 11) is 0. The molecule has 1 amide bonds. The minimum absolute atomic E-state index is 0.240. The fraction of sp³-hybridized carbons (Fsp3) is 0.731. The van der Waals surface area contributed by atoms with Crippen molar-refractivity contribution < 1.29 is 76.2 Å². The molecule has 2 aliphatic rings. The Balaban J connectivity index is 2.53. The molecule has 17 heteroatoms. The molecule has 0 aromatic heterocycles. The van der Waals surface area contributed by atoms with Gasteiger partial charge in [-0.1, -0.05) is 0 Å². The average molecular weight is 620 g/mol. The van der Waals surface area contributed by atoms with Gasteiger partial charge in [-0.25, -0.2) is 0 Å². The van der Waals surface area contributed by atoms with E-state index in [1.165, 1.54) is 6.92 Å². The van der Waals surface area contributed by atoms with E-state index in [1.807, 2.05) is 0 Å². The fourth-order valence-electron chi connectivity index (χ4n) is 4.54. The van der Waals surface area contributed by atoms with Crippen molar-refractivity contribution in [3.05, 3.63) is 0 Å². The molecule has 0 unspecified atom stereocenters. The SMILES string of the molecule is CC(=O)N[C@H]1[C@@H](OC(C)=O)O[C@H](COC(C)=O)[C@@H](O[C@H]2C[C@@H](OC(C)=O)[C@@H](OC(C)=O)[C@@H](COC(C)=O)O2)[C@@H]1OC(C)=O. The highest BCUT2D eigenvalue weighted by molar-refractivity contribution is 5.74. The highest BCUT2D eigenvalue weighted by Gasteiger charge is 2.53. The molecular weight excluding hydrogens is 582 g/mol. The molecule has 0 aromatic carbocycles. The lowest BCUT2D eigenvalue weighted by atomic mass is 9.95. The van der Waals surface area contributed by atoms with Crippen LogP contribution < -0.4 is 5.32 Å². The summed E-state index contributed by atoms with van der Waals surface area (Å²) >= 11 is 0. The summed E-state index contributed by atoms with van der Waals surface area (Å²) in [6, 6.07) is -1.30. The lowest BCUT2D eigenvalue weighted by molar-refractivity contribution is -0.324. The van der Waals surface area contributed by atoms with Gasteiger partial charge in [0.2, 0.25) is 12.2 Å². The minimum atomic E-state index is -1.50. The quantitative estimate of drug-likeness (QED) is 0.221. The number of carbonyl (C=O) groups is 7. The van der Waals surface area contributed by atoms with Crippen molar-refractivity contribution in [2.24, 2.45) is 0 Å². The first-order valence-corrected chi connectivity index (χ1v) is 13.3. The first kappa shape index (κ1) is 35.4. The van der Waals surface area contributed by atoms with Crippen LogP contribution in [0.5, 0.6) is 0 Å². The minimum Gasteiger partial charge on any atom is -0.463 e. The van der Waals surface area contributed by atoms with Gasteiger partial charge in [0.05, 0.1) is 0 Å². The molecule has 2 saturated heterocycles. The molecule has 1 N–H and O–H groups in total. The highest BCUT2D eigenvalue weighted by atomic mass is 16.8. The van der Waals surface area contributed by atoms with E-state index < -0.39 is 110 Å². The zero-order valence-electron chi connectivity index (χ0n) is 24.8. The van der Waals surface area contributed by atoms with Crippen LogP contribution in [0.25, 0.3) is 0 Å². The second kappa shape index (κ2) is 16.1. The summed E-state index contributed by atoms with van der Waals surface area (Å²) in [5.41, 5.74) is 0. The van der Waals surface area contributed by atoms with Crippen LogP contribution in [-0.4, -0.2) is 110 Å². The smallest absolute Gasteiger partial charge is 0.305 e. The normalized spacial score (nSPS) is 30.2. The van der Waals surface area contributed by atoms with E-state index in [2.05, 4.69) is 5.32 Å². The van der Waals surface area contributed by atoms with E-state index in [9.17, 15) is 33.6 Å². The van der Waals surface area contributed by atoms with Gasteiger partial charge >= 0.3 is 35.8 Å². The van der Waals surface area contributed by atoms with E-state index in [-0.39, 0.29) is 6.42 Å². The van der Waals surface area contributed by atoms with Crippen LogP contribution in [0.2, 0.25) is 0 Å². The zero-order valence-corrected chi connectivity index (χ0v) is 24.8. The molecule has 43 heavy (non-hydrogen) atoms. The summed E-state index contributed by atoms with van der Waals surface area (Å²) in [5.74, 6) is -5.04. The number of amides is 1. The number of ether oxygens (including phenoxy) is 9. The van der Waals surface area contributed by atoms with Gasteiger partial charge < -0.3 is 47.9 Å². The van der Waals surface area contributed by atoms with Crippen LogP contribution >= 0.6 is 0 Å². The lowest BCUT2D eigenvalue weighted by Gasteiger charge is -2.47. The van der Waals surface area contributed by atoms with Crippen LogP contribution in [0.3, 0.4) is 0 Å². The number of carbonyl (C=O) groups excluding carboxylic acids is 7. The number of hydrogen-bond acceptors (Lipinski definition) is 16. The second-order valence-corrected chi connectivity index (χ2v) is 9.72. The summed E-state index contributed by atoms with van der Waals surface area (Å²) in [5, 5.41) is 2.52. The van der Waals surface area contributed by atoms with Crippen molar-refractivity contribution in [2.45, 2.75) is 110 Å². The largest absolute Gasteiger partial charge is 0.463 e. The molecule has 0 aliphatic carbocycles.